The van der Waals surface area contributed by atoms with E-state index in [0.29, 0.717) is 43.9 Å². The highest BCUT2D eigenvalue weighted by molar-refractivity contribution is 5.95. The molecule has 3 amide bonds. The number of benzene rings is 2. The van der Waals surface area contributed by atoms with Gasteiger partial charge in [0.2, 0.25) is 5.91 Å². The fourth-order valence-electron chi connectivity index (χ4n) is 3.05. The van der Waals surface area contributed by atoms with E-state index >= 15 is 0 Å². The zero-order chi connectivity index (χ0) is 19.1. The minimum atomic E-state index is -0.179. The average molecular weight is 365 g/mol. The molecule has 1 N–H and O–H groups in total. The summed E-state index contributed by atoms with van der Waals surface area (Å²) in [6.07, 6.45) is 0.255. The number of hydrogen-bond donors (Lipinski definition) is 1. The SMILES string of the molecule is O=C(NCCC(=O)N1CCN(C(=O)c2ccccc2)CC1)c1ccccc1. The third kappa shape index (κ3) is 4.94. The first-order valence-corrected chi connectivity index (χ1v) is 9.10. The molecule has 0 unspecified atom stereocenters. The molecular weight excluding hydrogens is 342 g/mol. The summed E-state index contributed by atoms with van der Waals surface area (Å²) in [4.78, 5) is 40.3. The first kappa shape index (κ1) is 18.6. The first-order valence-electron chi connectivity index (χ1n) is 9.10. The van der Waals surface area contributed by atoms with Gasteiger partial charge in [0.15, 0.2) is 0 Å². The number of amides is 3. The highest BCUT2D eigenvalue weighted by Gasteiger charge is 2.24. The molecule has 0 aromatic heterocycles. The van der Waals surface area contributed by atoms with Crippen molar-refractivity contribution < 1.29 is 14.4 Å². The molecule has 0 aliphatic carbocycles. The summed E-state index contributed by atoms with van der Waals surface area (Å²) in [6, 6.07) is 18.1. The van der Waals surface area contributed by atoms with E-state index in [0.717, 1.165) is 0 Å². The first-order chi connectivity index (χ1) is 13.1. The number of nitrogens with one attached hydrogen (secondary N) is 1. The Morgan fingerprint density at radius 1 is 0.741 bits per heavy atom. The van der Waals surface area contributed by atoms with Crippen molar-refractivity contribution in [3.05, 3.63) is 71.8 Å². The third-order valence-corrected chi connectivity index (χ3v) is 4.60. The molecule has 27 heavy (non-hydrogen) atoms. The van der Waals surface area contributed by atoms with Crippen molar-refractivity contribution in [1.82, 2.24) is 15.1 Å². The van der Waals surface area contributed by atoms with Crippen molar-refractivity contribution in [3.8, 4) is 0 Å². The minimum Gasteiger partial charge on any atom is -0.352 e. The molecule has 6 nitrogen and oxygen atoms in total. The van der Waals surface area contributed by atoms with Crippen LogP contribution in [0.25, 0.3) is 0 Å². The van der Waals surface area contributed by atoms with Gasteiger partial charge in [0.1, 0.15) is 0 Å². The number of carbonyl (C=O) groups excluding carboxylic acids is 3. The maximum Gasteiger partial charge on any atom is 0.253 e. The molecule has 1 aliphatic heterocycles. The summed E-state index contributed by atoms with van der Waals surface area (Å²) in [5, 5.41) is 2.77. The van der Waals surface area contributed by atoms with E-state index in [2.05, 4.69) is 5.32 Å². The van der Waals surface area contributed by atoms with Gasteiger partial charge in [-0.2, -0.15) is 0 Å². The molecule has 1 heterocycles. The Bertz CT molecular complexity index is 785. The lowest BCUT2D eigenvalue weighted by atomic mass is 10.2. The monoisotopic (exact) mass is 365 g/mol. The Kier molecular flexibility index (Phi) is 6.20. The lowest BCUT2D eigenvalue weighted by Gasteiger charge is -2.35. The van der Waals surface area contributed by atoms with E-state index in [1.807, 2.05) is 24.3 Å². The molecule has 6 heteroatoms. The van der Waals surface area contributed by atoms with Crippen LogP contribution in [0.3, 0.4) is 0 Å². The summed E-state index contributed by atoms with van der Waals surface area (Å²) in [5.74, 6) is -0.185. The summed E-state index contributed by atoms with van der Waals surface area (Å²) in [5.41, 5.74) is 1.25. The Balaban J connectivity index is 1.41. The van der Waals surface area contributed by atoms with Gasteiger partial charge in [0.05, 0.1) is 0 Å². The van der Waals surface area contributed by atoms with Crippen LogP contribution in [-0.2, 0) is 4.79 Å². The van der Waals surface area contributed by atoms with Gasteiger partial charge in [-0.05, 0) is 24.3 Å². The molecule has 1 aliphatic rings. The van der Waals surface area contributed by atoms with Gasteiger partial charge >= 0.3 is 0 Å². The second kappa shape index (κ2) is 8.98. The Morgan fingerprint density at radius 2 is 1.26 bits per heavy atom. The zero-order valence-electron chi connectivity index (χ0n) is 15.1. The van der Waals surface area contributed by atoms with Crippen molar-refractivity contribution in [2.45, 2.75) is 6.42 Å². The van der Waals surface area contributed by atoms with Gasteiger partial charge in [-0.15, -0.1) is 0 Å². The predicted octanol–water partition coefficient (Wildman–Crippen LogP) is 1.79. The van der Waals surface area contributed by atoms with Gasteiger partial charge < -0.3 is 15.1 Å². The van der Waals surface area contributed by atoms with Gasteiger partial charge in [0, 0.05) is 50.3 Å². The molecule has 2 aromatic carbocycles. The quantitative estimate of drug-likeness (QED) is 0.878. The van der Waals surface area contributed by atoms with E-state index in [4.69, 9.17) is 0 Å². The Hall–Kier alpha value is -3.15. The summed E-state index contributed by atoms with van der Waals surface area (Å²) in [7, 11) is 0. The maximum atomic E-state index is 12.4. The van der Waals surface area contributed by atoms with E-state index in [-0.39, 0.29) is 24.1 Å². The Morgan fingerprint density at radius 3 is 1.85 bits per heavy atom. The smallest absolute Gasteiger partial charge is 0.253 e. The van der Waals surface area contributed by atoms with E-state index in [1.165, 1.54) is 0 Å². The summed E-state index contributed by atoms with van der Waals surface area (Å²) >= 11 is 0. The fraction of sp³-hybridized carbons (Fsp3) is 0.286. The topological polar surface area (TPSA) is 69.7 Å². The maximum absolute atomic E-state index is 12.4. The minimum absolute atomic E-state index is 0.00202. The lowest BCUT2D eigenvalue weighted by molar-refractivity contribution is -0.132. The van der Waals surface area contributed by atoms with E-state index in [1.54, 1.807) is 46.2 Å². The van der Waals surface area contributed by atoms with E-state index < -0.39 is 0 Å². The van der Waals surface area contributed by atoms with Gasteiger partial charge in [-0.25, -0.2) is 0 Å². The third-order valence-electron chi connectivity index (χ3n) is 4.60. The molecule has 0 radical (unpaired) electrons. The standard InChI is InChI=1S/C21H23N3O3/c25-19(11-12-22-20(26)17-7-3-1-4-8-17)23-13-15-24(16-14-23)21(27)18-9-5-2-6-10-18/h1-10H,11-16H2,(H,22,26). The molecule has 0 bridgehead atoms. The van der Waals surface area contributed by atoms with Crippen molar-refractivity contribution >= 4 is 17.7 Å². The van der Waals surface area contributed by atoms with Crippen LogP contribution in [0.15, 0.2) is 60.7 Å². The second-order valence-corrected chi connectivity index (χ2v) is 6.41. The van der Waals surface area contributed by atoms with Gasteiger partial charge in [-0.3, -0.25) is 14.4 Å². The van der Waals surface area contributed by atoms with Crippen LogP contribution in [0.2, 0.25) is 0 Å². The van der Waals surface area contributed by atoms with Gasteiger partial charge in [0.25, 0.3) is 11.8 Å². The molecule has 1 fully saturated rings. The second-order valence-electron chi connectivity index (χ2n) is 6.41. The van der Waals surface area contributed by atoms with Crippen LogP contribution in [0, 0.1) is 0 Å². The normalized spacial score (nSPS) is 13.9. The predicted molar refractivity (Wildman–Crippen MR) is 102 cm³/mol. The fourth-order valence-corrected chi connectivity index (χ4v) is 3.05. The molecule has 0 spiro atoms. The van der Waals surface area contributed by atoms with E-state index in [9.17, 15) is 14.4 Å². The molecule has 0 saturated carbocycles. The zero-order valence-corrected chi connectivity index (χ0v) is 15.1. The highest BCUT2D eigenvalue weighted by atomic mass is 16.2. The number of nitrogens with zero attached hydrogens (tertiary/aromatic N) is 2. The van der Waals surface area contributed by atoms with Crippen molar-refractivity contribution in [2.24, 2.45) is 0 Å². The molecular formula is C21H23N3O3. The summed E-state index contributed by atoms with van der Waals surface area (Å²) < 4.78 is 0. The number of piperazine rings is 1. The molecule has 1 saturated heterocycles. The van der Waals surface area contributed by atoms with Crippen LogP contribution < -0.4 is 5.32 Å². The van der Waals surface area contributed by atoms with Crippen LogP contribution in [0.1, 0.15) is 27.1 Å². The van der Waals surface area contributed by atoms with Crippen LogP contribution in [0.5, 0.6) is 0 Å². The van der Waals surface area contributed by atoms with Crippen LogP contribution >= 0.6 is 0 Å². The average Bonchev–Trinajstić information content (AvgIpc) is 2.74. The molecule has 3 rings (SSSR count). The van der Waals surface area contributed by atoms with Crippen molar-refractivity contribution in [3.63, 3.8) is 0 Å². The molecule has 140 valence electrons. The summed E-state index contributed by atoms with van der Waals surface area (Å²) in [6.45, 7) is 2.38. The highest BCUT2D eigenvalue weighted by Crippen LogP contribution is 2.09. The largest absolute Gasteiger partial charge is 0.352 e. The number of hydrogen-bond acceptors (Lipinski definition) is 3. The van der Waals surface area contributed by atoms with Crippen molar-refractivity contribution in [2.75, 3.05) is 32.7 Å². The lowest BCUT2D eigenvalue weighted by Crippen LogP contribution is -2.51. The number of carbonyl (C=O) groups is 3. The number of rotatable bonds is 5. The Labute approximate surface area is 158 Å². The molecule has 2 aromatic rings. The van der Waals surface area contributed by atoms with Crippen LogP contribution in [-0.4, -0.2) is 60.2 Å². The molecule has 0 atom stereocenters. The van der Waals surface area contributed by atoms with Gasteiger partial charge in [-0.1, -0.05) is 36.4 Å². The van der Waals surface area contributed by atoms with Crippen LogP contribution in [0.4, 0.5) is 0 Å². The van der Waals surface area contributed by atoms with Crippen molar-refractivity contribution in [1.29, 1.82) is 0 Å².